The van der Waals surface area contributed by atoms with Gasteiger partial charge < -0.3 is 9.84 Å². The van der Waals surface area contributed by atoms with Crippen molar-refractivity contribution >= 4 is 5.97 Å². The molecule has 1 unspecified atom stereocenters. The van der Waals surface area contributed by atoms with Crippen molar-refractivity contribution in [3.63, 3.8) is 0 Å². The lowest BCUT2D eigenvalue weighted by Gasteiger charge is -2.16. The van der Waals surface area contributed by atoms with Crippen LogP contribution in [0, 0.1) is 0 Å². The van der Waals surface area contributed by atoms with Gasteiger partial charge in [-0.3, -0.25) is 4.79 Å². The number of ether oxygens (including phenoxy) is 1. The molecule has 1 N–H and O–H groups in total. The van der Waals surface area contributed by atoms with E-state index in [9.17, 15) is 4.79 Å². The van der Waals surface area contributed by atoms with Crippen LogP contribution in [0.5, 0.6) is 0 Å². The highest BCUT2D eigenvalue weighted by molar-refractivity contribution is 5.66. The van der Waals surface area contributed by atoms with E-state index in [1.54, 1.807) is 0 Å². The number of aliphatic hydroxyl groups is 1. The largest absolute Gasteiger partial charge is 0.463 e. The summed E-state index contributed by atoms with van der Waals surface area (Å²) >= 11 is 0. The van der Waals surface area contributed by atoms with Gasteiger partial charge >= 0.3 is 5.97 Å². The Kier molecular flexibility index (Phi) is 8.64. The van der Waals surface area contributed by atoms with Crippen LogP contribution >= 0.6 is 0 Å². The smallest absolute Gasteiger partial charge is 0.302 e. The highest BCUT2D eigenvalue weighted by atomic mass is 16.5. The lowest BCUT2D eigenvalue weighted by molar-refractivity contribution is -0.147. The Balaban J connectivity index is 3.66. The van der Waals surface area contributed by atoms with E-state index in [1.165, 1.54) is 19.8 Å². The zero-order valence-electron chi connectivity index (χ0n) is 9.29. The topological polar surface area (TPSA) is 46.5 Å². The summed E-state index contributed by atoms with van der Waals surface area (Å²) in [5.41, 5.74) is 0. The lowest BCUT2D eigenvalue weighted by atomic mass is 10.1. The monoisotopic (exact) mass is 202 g/mol. The predicted molar refractivity (Wildman–Crippen MR) is 56.0 cm³/mol. The van der Waals surface area contributed by atoms with Crippen molar-refractivity contribution < 1.29 is 14.6 Å². The van der Waals surface area contributed by atoms with Gasteiger partial charge in [-0.1, -0.05) is 19.8 Å². The molecule has 3 heteroatoms. The third-order valence-corrected chi connectivity index (χ3v) is 2.15. The average molecular weight is 202 g/mol. The van der Waals surface area contributed by atoms with E-state index < -0.39 is 0 Å². The van der Waals surface area contributed by atoms with Crippen LogP contribution in [-0.4, -0.2) is 23.8 Å². The van der Waals surface area contributed by atoms with Crippen molar-refractivity contribution in [2.24, 2.45) is 0 Å². The van der Waals surface area contributed by atoms with Gasteiger partial charge in [-0.05, 0) is 25.7 Å². The first-order chi connectivity index (χ1) is 6.70. The summed E-state index contributed by atoms with van der Waals surface area (Å²) in [5.74, 6) is -0.218. The van der Waals surface area contributed by atoms with Crippen molar-refractivity contribution in [2.75, 3.05) is 6.61 Å². The van der Waals surface area contributed by atoms with Crippen LogP contribution in [-0.2, 0) is 9.53 Å². The number of aliphatic hydroxyl groups excluding tert-OH is 1. The van der Waals surface area contributed by atoms with Crippen LogP contribution in [0.4, 0.5) is 0 Å². The van der Waals surface area contributed by atoms with E-state index >= 15 is 0 Å². The number of unbranched alkanes of at least 4 members (excludes halogenated alkanes) is 2. The fourth-order valence-electron chi connectivity index (χ4n) is 1.44. The minimum absolute atomic E-state index is 0.00574. The number of esters is 1. The molecule has 0 aromatic rings. The normalized spacial score (nSPS) is 12.5. The third kappa shape index (κ3) is 8.05. The van der Waals surface area contributed by atoms with Crippen LogP contribution in [0.25, 0.3) is 0 Å². The van der Waals surface area contributed by atoms with Crippen LogP contribution < -0.4 is 0 Å². The van der Waals surface area contributed by atoms with E-state index in [2.05, 4.69) is 6.92 Å². The standard InChI is InChI=1S/C11H22O3/c1-3-4-5-7-11(8-6-9-12)14-10(2)13/h11-12H,3-9H2,1-2H3. The fraction of sp³-hybridized carbons (Fsp3) is 0.909. The average Bonchev–Trinajstić information content (AvgIpc) is 2.13. The van der Waals surface area contributed by atoms with E-state index in [4.69, 9.17) is 9.84 Å². The minimum Gasteiger partial charge on any atom is -0.463 e. The van der Waals surface area contributed by atoms with E-state index in [1.807, 2.05) is 0 Å². The third-order valence-electron chi connectivity index (χ3n) is 2.15. The second-order valence-corrected chi connectivity index (χ2v) is 3.59. The fourth-order valence-corrected chi connectivity index (χ4v) is 1.44. The quantitative estimate of drug-likeness (QED) is 0.485. The van der Waals surface area contributed by atoms with E-state index in [-0.39, 0.29) is 18.7 Å². The van der Waals surface area contributed by atoms with Gasteiger partial charge in [0.25, 0.3) is 0 Å². The first-order valence-electron chi connectivity index (χ1n) is 5.48. The minimum atomic E-state index is -0.218. The summed E-state index contributed by atoms with van der Waals surface area (Å²) in [6, 6.07) is 0. The highest BCUT2D eigenvalue weighted by Gasteiger charge is 2.10. The van der Waals surface area contributed by atoms with Gasteiger partial charge in [0.15, 0.2) is 0 Å². The Morgan fingerprint density at radius 3 is 2.43 bits per heavy atom. The van der Waals surface area contributed by atoms with Gasteiger partial charge in [0.1, 0.15) is 6.10 Å². The number of rotatable bonds is 8. The van der Waals surface area contributed by atoms with Crippen molar-refractivity contribution in [1.82, 2.24) is 0 Å². The van der Waals surface area contributed by atoms with Crippen LogP contribution in [0.2, 0.25) is 0 Å². The van der Waals surface area contributed by atoms with Crippen molar-refractivity contribution in [3.05, 3.63) is 0 Å². The molecular weight excluding hydrogens is 180 g/mol. The molecule has 0 aliphatic rings. The maximum atomic E-state index is 10.8. The number of hydrogen-bond donors (Lipinski definition) is 1. The summed E-state index contributed by atoms with van der Waals surface area (Å²) < 4.78 is 5.15. The molecule has 0 aliphatic heterocycles. The van der Waals surface area contributed by atoms with Gasteiger partial charge in [0.2, 0.25) is 0 Å². The summed E-state index contributed by atoms with van der Waals surface area (Å²) in [6.45, 7) is 3.76. The summed E-state index contributed by atoms with van der Waals surface area (Å²) in [5, 5.41) is 8.68. The Morgan fingerprint density at radius 2 is 1.93 bits per heavy atom. The van der Waals surface area contributed by atoms with Crippen LogP contribution in [0.3, 0.4) is 0 Å². The van der Waals surface area contributed by atoms with Gasteiger partial charge in [-0.15, -0.1) is 0 Å². The molecule has 0 aromatic carbocycles. The Bertz CT molecular complexity index is 145. The van der Waals surface area contributed by atoms with Gasteiger partial charge in [0, 0.05) is 13.5 Å². The molecule has 0 aromatic heterocycles. The van der Waals surface area contributed by atoms with Crippen molar-refractivity contribution in [3.8, 4) is 0 Å². The summed E-state index contributed by atoms with van der Waals surface area (Å²) in [4.78, 5) is 10.8. The molecule has 0 spiro atoms. The lowest BCUT2D eigenvalue weighted by Crippen LogP contribution is -2.16. The summed E-state index contributed by atoms with van der Waals surface area (Å²) in [6.07, 6.45) is 5.87. The summed E-state index contributed by atoms with van der Waals surface area (Å²) in [7, 11) is 0. The molecule has 0 bridgehead atoms. The number of hydrogen-bond acceptors (Lipinski definition) is 3. The molecule has 0 radical (unpaired) electrons. The number of carbonyl (C=O) groups excluding carboxylic acids is 1. The molecule has 84 valence electrons. The highest BCUT2D eigenvalue weighted by Crippen LogP contribution is 2.12. The maximum absolute atomic E-state index is 10.8. The predicted octanol–water partition coefficient (Wildman–Crippen LogP) is 2.27. The van der Waals surface area contributed by atoms with E-state index in [0.717, 1.165) is 19.3 Å². The molecule has 3 nitrogen and oxygen atoms in total. The second-order valence-electron chi connectivity index (χ2n) is 3.59. The Morgan fingerprint density at radius 1 is 1.29 bits per heavy atom. The molecule has 0 fully saturated rings. The Hall–Kier alpha value is -0.570. The molecule has 0 heterocycles. The molecule has 0 aliphatic carbocycles. The molecule has 0 saturated carbocycles. The van der Waals surface area contributed by atoms with E-state index in [0.29, 0.717) is 6.42 Å². The second kappa shape index (κ2) is 9.00. The zero-order chi connectivity index (χ0) is 10.8. The zero-order valence-corrected chi connectivity index (χ0v) is 9.29. The Labute approximate surface area is 86.5 Å². The molecule has 1 atom stereocenters. The van der Waals surface area contributed by atoms with Gasteiger partial charge in [-0.25, -0.2) is 0 Å². The molecule has 0 rings (SSSR count). The SMILES string of the molecule is CCCCCC(CCCO)OC(C)=O. The molecule has 14 heavy (non-hydrogen) atoms. The van der Waals surface area contributed by atoms with Crippen LogP contribution in [0.15, 0.2) is 0 Å². The number of carbonyl (C=O) groups is 1. The van der Waals surface area contributed by atoms with Gasteiger partial charge in [-0.2, -0.15) is 0 Å². The maximum Gasteiger partial charge on any atom is 0.302 e. The molecular formula is C11H22O3. The van der Waals surface area contributed by atoms with Crippen molar-refractivity contribution in [1.29, 1.82) is 0 Å². The molecule has 0 saturated heterocycles. The first-order valence-corrected chi connectivity index (χ1v) is 5.48. The van der Waals surface area contributed by atoms with Crippen LogP contribution in [0.1, 0.15) is 52.4 Å². The first kappa shape index (κ1) is 13.4. The van der Waals surface area contributed by atoms with Gasteiger partial charge in [0.05, 0.1) is 0 Å². The molecule has 0 amide bonds. The van der Waals surface area contributed by atoms with Crippen molar-refractivity contribution in [2.45, 2.75) is 58.5 Å².